The number of benzene rings is 1. The molecule has 4 bridgehead atoms. The molecule has 0 aromatic heterocycles. The Morgan fingerprint density at radius 2 is 1.47 bits per heavy atom. The third-order valence-corrected chi connectivity index (χ3v) is 7.15. The van der Waals surface area contributed by atoms with Crippen LogP contribution in [-0.4, -0.2) is 51.4 Å². The lowest BCUT2D eigenvalue weighted by Gasteiger charge is -2.56. The molecule has 4 saturated carbocycles. The van der Waals surface area contributed by atoms with Gasteiger partial charge in [-0.25, -0.2) is 9.59 Å². The predicted molar refractivity (Wildman–Crippen MR) is 124 cm³/mol. The van der Waals surface area contributed by atoms with Gasteiger partial charge in [-0.3, -0.25) is 10.1 Å². The zero-order chi connectivity index (χ0) is 24.3. The van der Waals surface area contributed by atoms with E-state index in [-0.39, 0.29) is 5.54 Å². The summed E-state index contributed by atoms with van der Waals surface area (Å²) in [6, 6.07) is 2.77. The first kappa shape index (κ1) is 23.9. The summed E-state index contributed by atoms with van der Waals surface area (Å²) < 4.78 is 20.8. The monoisotopic (exact) mass is 472 g/mol. The fourth-order valence-electron chi connectivity index (χ4n) is 6.22. The van der Waals surface area contributed by atoms with Crippen molar-refractivity contribution in [2.75, 3.05) is 27.9 Å². The number of hydrogen-bond donors (Lipinski definition) is 2. The third kappa shape index (κ3) is 5.29. The molecule has 0 atom stereocenters. The molecule has 0 heterocycles. The van der Waals surface area contributed by atoms with Gasteiger partial charge in [0.25, 0.3) is 5.91 Å². The van der Waals surface area contributed by atoms with Gasteiger partial charge < -0.3 is 24.3 Å². The van der Waals surface area contributed by atoms with Crippen molar-refractivity contribution >= 4 is 24.0 Å². The summed E-state index contributed by atoms with van der Waals surface area (Å²) in [6.07, 6.45) is 9.41. The Bertz CT molecular complexity index is 952. The number of nitrogens with one attached hydrogen (secondary N) is 2. The molecule has 0 radical (unpaired) electrons. The normalized spacial score (nSPS) is 26.7. The van der Waals surface area contributed by atoms with Gasteiger partial charge in [0, 0.05) is 23.2 Å². The molecule has 184 valence electrons. The molecule has 0 aliphatic heterocycles. The highest BCUT2D eigenvalue weighted by molar-refractivity contribution is 5.96. The van der Waals surface area contributed by atoms with Crippen LogP contribution >= 0.6 is 0 Å². The van der Waals surface area contributed by atoms with Gasteiger partial charge in [-0.2, -0.15) is 0 Å². The van der Waals surface area contributed by atoms with Gasteiger partial charge in [0.05, 0.1) is 21.3 Å². The zero-order valence-corrected chi connectivity index (χ0v) is 19.8. The molecule has 2 N–H and O–H groups in total. The molecule has 4 aliphatic carbocycles. The van der Waals surface area contributed by atoms with Gasteiger partial charge in [0.1, 0.15) is 5.75 Å². The topological polar surface area (TPSA) is 112 Å². The van der Waals surface area contributed by atoms with Gasteiger partial charge in [0.15, 0.2) is 18.1 Å². The van der Waals surface area contributed by atoms with Gasteiger partial charge in [-0.05, 0) is 68.4 Å². The Hall–Kier alpha value is -3.23. The molecule has 3 amide bonds. The SMILES string of the molecule is COc1cc(OC)c(OC)cc1/C=C/C(=O)OCC(=O)NC(=O)NC12CC3CC(CC(C3)C1)C2. The van der Waals surface area contributed by atoms with Gasteiger partial charge >= 0.3 is 12.0 Å². The zero-order valence-electron chi connectivity index (χ0n) is 19.8. The average Bonchev–Trinajstić information content (AvgIpc) is 2.79. The van der Waals surface area contributed by atoms with Crippen molar-refractivity contribution in [2.45, 2.75) is 44.1 Å². The van der Waals surface area contributed by atoms with Crippen molar-refractivity contribution in [1.82, 2.24) is 10.6 Å². The molecule has 34 heavy (non-hydrogen) atoms. The molecule has 5 rings (SSSR count). The number of carbonyl (C=O) groups excluding carboxylic acids is 3. The number of urea groups is 1. The summed E-state index contributed by atoms with van der Waals surface area (Å²) in [5, 5.41) is 5.35. The maximum Gasteiger partial charge on any atom is 0.331 e. The van der Waals surface area contributed by atoms with Crippen molar-refractivity contribution in [3.63, 3.8) is 0 Å². The van der Waals surface area contributed by atoms with Gasteiger partial charge in [-0.15, -0.1) is 0 Å². The first-order valence-corrected chi connectivity index (χ1v) is 11.6. The summed E-state index contributed by atoms with van der Waals surface area (Å²) >= 11 is 0. The van der Waals surface area contributed by atoms with Crippen LogP contribution in [0, 0.1) is 17.8 Å². The molecule has 9 heteroatoms. The first-order valence-electron chi connectivity index (χ1n) is 11.6. The lowest BCUT2D eigenvalue weighted by Crippen LogP contribution is -2.62. The lowest BCUT2D eigenvalue weighted by molar-refractivity contribution is -0.143. The molecule has 4 fully saturated rings. The van der Waals surface area contributed by atoms with E-state index in [0.29, 0.717) is 40.6 Å². The number of hydrogen-bond acceptors (Lipinski definition) is 7. The van der Waals surface area contributed by atoms with E-state index in [1.54, 1.807) is 12.1 Å². The van der Waals surface area contributed by atoms with Crippen LogP contribution in [0.4, 0.5) is 4.79 Å². The minimum atomic E-state index is -0.728. The van der Waals surface area contributed by atoms with E-state index in [2.05, 4.69) is 10.6 Å². The molecule has 1 aromatic rings. The van der Waals surface area contributed by atoms with Crippen LogP contribution in [0.5, 0.6) is 17.2 Å². The van der Waals surface area contributed by atoms with E-state index in [0.717, 1.165) is 19.3 Å². The summed E-state index contributed by atoms with van der Waals surface area (Å²) in [7, 11) is 4.51. The third-order valence-electron chi connectivity index (χ3n) is 7.15. The highest BCUT2D eigenvalue weighted by Crippen LogP contribution is 2.55. The Kier molecular flexibility index (Phi) is 7.00. The summed E-state index contributed by atoms with van der Waals surface area (Å²) in [6.45, 7) is -0.555. The smallest absolute Gasteiger partial charge is 0.331 e. The largest absolute Gasteiger partial charge is 0.496 e. The number of rotatable bonds is 8. The van der Waals surface area contributed by atoms with E-state index in [9.17, 15) is 14.4 Å². The standard InChI is InChI=1S/C25H32N2O7/c1-31-19-10-21(33-3)20(32-2)9-18(19)4-5-23(29)34-14-22(28)26-24(30)27-25-11-15-6-16(12-25)8-17(7-15)13-25/h4-5,9-10,15-17H,6-8,11-14H2,1-3H3,(H2,26,27,28,30)/b5-4+. The molecule has 0 unspecified atom stereocenters. The van der Waals surface area contributed by atoms with Crippen LogP contribution in [0.1, 0.15) is 44.1 Å². The van der Waals surface area contributed by atoms with Crippen molar-refractivity contribution in [3.05, 3.63) is 23.8 Å². The fourth-order valence-corrected chi connectivity index (χ4v) is 6.22. The average molecular weight is 473 g/mol. The molecule has 4 aliphatic rings. The van der Waals surface area contributed by atoms with E-state index >= 15 is 0 Å². The second-order valence-corrected chi connectivity index (χ2v) is 9.59. The summed E-state index contributed by atoms with van der Waals surface area (Å²) in [5.74, 6) is 2.07. The molecule has 0 saturated heterocycles. The second kappa shape index (κ2) is 9.95. The van der Waals surface area contributed by atoms with Crippen LogP contribution in [0.2, 0.25) is 0 Å². The highest BCUT2D eigenvalue weighted by Gasteiger charge is 2.51. The van der Waals surface area contributed by atoms with Gasteiger partial charge in [0.2, 0.25) is 0 Å². The quantitative estimate of drug-likeness (QED) is 0.442. The highest BCUT2D eigenvalue weighted by atomic mass is 16.5. The van der Waals surface area contributed by atoms with E-state index in [1.165, 1.54) is 52.7 Å². The van der Waals surface area contributed by atoms with Crippen LogP contribution in [0.15, 0.2) is 18.2 Å². The van der Waals surface area contributed by atoms with Crippen LogP contribution in [0.25, 0.3) is 6.08 Å². The maximum absolute atomic E-state index is 12.4. The number of imide groups is 1. The van der Waals surface area contributed by atoms with Crippen molar-refractivity contribution in [1.29, 1.82) is 0 Å². The van der Waals surface area contributed by atoms with Crippen molar-refractivity contribution < 1.29 is 33.3 Å². The minimum absolute atomic E-state index is 0.197. The predicted octanol–water partition coefficient (Wildman–Crippen LogP) is 3.06. The van der Waals surface area contributed by atoms with E-state index < -0.39 is 24.5 Å². The maximum atomic E-state index is 12.4. The van der Waals surface area contributed by atoms with Crippen LogP contribution < -0.4 is 24.8 Å². The Morgan fingerprint density at radius 3 is 2.03 bits per heavy atom. The number of ether oxygens (including phenoxy) is 4. The van der Waals surface area contributed by atoms with Crippen molar-refractivity contribution in [3.8, 4) is 17.2 Å². The first-order chi connectivity index (χ1) is 16.3. The Labute approximate surface area is 199 Å². The van der Waals surface area contributed by atoms with Gasteiger partial charge in [-0.1, -0.05) is 0 Å². The molecule has 9 nitrogen and oxygen atoms in total. The van der Waals surface area contributed by atoms with E-state index in [1.807, 2.05) is 0 Å². The molecule has 1 aromatic carbocycles. The van der Waals surface area contributed by atoms with Crippen LogP contribution in [-0.2, 0) is 14.3 Å². The summed E-state index contributed by atoms with van der Waals surface area (Å²) in [4.78, 5) is 36.7. The second-order valence-electron chi connectivity index (χ2n) is 9.59. The minimum Gasteiger partial charge on any atom is -0.496 e. The van der Waals surface area contributed by atoms with E-state index in [4.69, 9.17) is 18.9 Å². The fraction of sp³-hybridized carbons (Fsp3) is 0.560. The molecule has 0 spiro atoms. The van der Waals surface area contributed by atoms with Crippen LogP contribution in [0.3, 0.4) is 0 Å². The molecular weight excluding hydrogens is 440 g/mol. The number of esters is 1. The lowest BCUT2D eigenvalue weighted by atomic mass is 9.53. The molecular formula is C25H32N2O7. The Balaban J connectivity index is 1.26. The summed E-state index contributed by atoms with van der Waals surface area (Å²) in [5.41, 5.74) is 0.369. The number of amides is 3. The van der Waals surface area contributed by atoms with Crippen molar-refractivity contribution in [2.24, 2.45) is 17.8 Å². The number of methoxy groups -OCH3 is 3. The Morgan fingerprint density at radius 1 is 0.912 bits per heavy atom. The number of carbonyl (C=O) groups is 3.